The molecule has 0 spiro atoms. The summed E-state index contributed by atoms with van der Waals surface area (Å²) in [5.74, 6) is 0.313. The van der Waals surface area contributed by atoms with Gasteiger partial charge in [-0.25, -0.2) is 4.98 Å². The maximum absolute atomic E-state index is 11.6. The molecule has 15 heavy (non-hydrogen) atoms. The van der Waals surface area contributed by atoms with E-state index in [2.05, 4.69) is 10.3 Å². The van der Waals surface area contributed by atoms with Crippen LogP contribution in [0.5, 0.6) is 0 Å². The van der Waals surface area contributed by atoms with Gasteiger partial charge < -0.3 is 14.8 Å². The van der Waals surface area contributed by atoms with Crippen molar-refractivity contribution in [2.24, 2.45) is 0 Å². The third-order valence-electron chi connectivity index (χ3n) is 1.79. The minimum absolute atomic E-state index is 0.172. The van der Waals surface area contributed by atoms with Crippen LogP contribution in [-0.2, 0) is 0 Å². The molecule has 0 radical (unpaired) electrons. The Hall–Kier alpha value is -1.36. The molecular formula is C10H16N2O3. The van der Waals surface area contributed by atoms with Gasteiger partial charge in [0.2, 0.25) is 5.76 Å². The van der Waals surface area contributed by atoms with Gasteiger partial charge in [0, 0.05) is 13.5 Å². The Morgan fingerprint density at radius 3 is 2.53 bits per heavy atom. The number of oxazole rings is 1. The molecule has 1 aromatic heterocycles. The van der Waals surface area contributed by atoms with Gasteiger partial charge in [-0.2, -0.15) is 0 Å². The normalized spacial score (nSPS) is 11.5. The topological polar surface area (TPSA) is 75.4 Å². The first-order chi connectivity index (χ1) is 6.79. The summed E-state index contributed by atoms with van der Waals surface area (Å²) in [6.07, 6.45) is 0. The average Bonchev–Trinajstić information content (AvgIpc) is 2.40. The first-order valence-corrected chi connectivity index (χ1v) is 4.74. The summed E-state index contributed by atoms with van der Waals surface area (Å²) in [4.78, 5) is 15.6. The van der Waals surface area contributed by atoms with E-state index in [1.165, 1.54) is 0 Å². The van der Waals surface area contributed by atoms with Crippen LogP contribution >= 0.6 is 0 Å². The molecule has 0 saturated heterocycles. The fourth-order valence-electron chi connectivity index (χ4n) is 1.12. The van der Waals surface area contributed by atoms with Gasteiger partial charge in [0.25, 0.3) is 5.91 Å². The number of carbonyl (C=O) groups excluding carboxylic acids is 1. The Labute approximate surface area is 88.5 Å². The second kappa shape index (κ2) is 4.02. The molecule has 0 aliphatic carbocycles. The zero-order valence-electron chi connectivity index (χ0n) is 9.42. The molecule has 5 heteroatoms. The van der Waals surface area contributed by atoms with Crippen molar-refractivity contribution >= 4 is 5.91 Å². The first kappa shape index (κ1) is 11.7. The number of aromatic nitrogens is 1. The molecule has 0 atom stereocenters. The van der Waals surface area contributed by atoms with Gasteiger partial charge >= 0.3 is 0 Å². The molecule has 0 fully saturated rings. The number of carbonyl (C=O) groups is 1. The lowest BCUT2D eigenvalue weighted by Crippen LogP contribution is -2.38. The summed E-state index contributed by atoms with van der Waals surface area (Å²) in [6.45, 7) is 6.79. The molecule has 0 aliphatic heterocycles. The number of nitrogens with zero attached hydrogens (tertiary/aromatic N) is 1. The smallest absolute Gasteiger partial charge is 0.289 e. The first-order valence-electron chi connectivity index (χ1n) is 4.74. The van der Waals surface area contributed by atoms with E-state index >= 15 is 0 Å². The fourth-order valence-corrected chi connectivity index (χ4v) is 1.12. The molecule has 0 bridgehead atoms. The number of amides is 1. The average molecular weight is 212 g/mol. The molecule has 1 rings (SSSR count). The molecule has 1 amide bonds. The lowest BCUT2D eigenvalue weighted by Gasteiger charge is -2.16. The van der Waals surface area contributed by atoms with Crippen molar-refractivity contribution in [3.05, 3.63) is 17.3 Å². The highest BCUT2D eigenvalue weighted by Crippen LogP contribution is 2.09. The Kier molecular flexibility index (Phi) is 3.14. The summed E-state index contributed by atoms with van der Waals surface area (Å²) in [7, 11) is 0. The zero-order chi connectivity index (χ0) is 11.6. The van der Waals surface area contributed by atoms with E-state index in [1.807, 2.05) is 0 Å². The maximum atomic E-state index is 11.6. The van der Waals surface area contributed by atoms with Gasteiger partial charge in [0.05, 0.1) is 11.3 Å². The van der Waals surface area contributed by atoms with Crippen molar-refractivity contribution in [2.75, 3.05) is 6.54 Å². The van der Waals surface area contributed by atoms with Crippen molar-refractivity contribution < 1.29 is 14.3 Å². The molecule has 0 saturated carbocycles. The molecule has 2 N–H and O–H groups in total. The Morgan fingerprint density at radius 2 is 2.13 bits per heavy atom. The van der Waals surface area contributed by atoms with Crippen LogP contribution < -0.4 is 5.32 Å². The summed E-state index contributed by atoms with van der Waals surface area (Å²) in [6, 6.07) is 0. The van der Waals surface area contributed by atoms with E-state index in [4.69, 9.17) is 4.42 Å². The van der Waals surface area contributed by atoms with Crippen LogP contribution in [0.25, 0.3) is 0 Å². The van der Waals surface area contributed by atoms with Crippen LogP contribution in [0.3, 0.4) is 0 Å². The van der Waals surface area contributed by atoms with Crippen molar-refractivity contribution in [1.82, 2.24) is 10.3 Å². The monoisotopic (exact) mass is 212 g/mol. The van der Waals surface area contributed by atoms with E-state index in [1.54, 1.807) is 27.7 Å². The van der Waals surface area contributed by atoms with Crippen LogP contribution in [0.2, 0.25) is 0 Å². The van der Waals surface area contributed by atoms with Crippen LogP contribution in [0, 0.1) is 13.8 Å². The number of aliphatic hydroxyl groups is 1. The number of aryl methyl sites for hydroxylation is 2. The highest BCUT2D eigenvalue weighted by Gasteiger charge is 2.19. The minimum Gasteiger partial charge on any atom is -0.436 e. The SMILES string of the molecule is Cc1nc(C)c(C(=O)NCC(C)(C)O)o1. The molecular weight excluding hydrogens is 196 g/mol. The molecule has 0 aromatic carbocycles. The molecule has 0 aliphatic rings. The second-order valence-electron chi connectivity index (χ2n) is 4.14. The van der Waals surface area contributed by atoms with Crippen molar-refractivity contribution in [2.45, 2.75) is 33.3 Å². The molecule has 0 unspecified atom stereocenters. The largest absolute Gasteiger partial charge is 0.436 e. The van der Waals surface area contributed by atoms with E-state index in [9.17, 15) is 9.90 Å². The van der Waals surface area contributed by atoms with Crippen molar-refractivity contribution in [3.8, 4) is 0 Å². The summed E-state index contributed by atoms with van der Waals surface area (Å²) < 4.78 is 5.14. The molecule has 84 valence electrons. The quantitative estimate of drug-likeness (QED) is 0.776. The third-order valence-corrected chi connectivity index (χ3v) is 1.79. The lowest BCUT2D eigenvalue weighted by molar-refractivity contribution is 0.0680. The fraction of sp³-hybridized carbons (Fsp3) is 0.600. The summed E-state index contributed by atoms with van der Waals surface area (Å²) in [5, 5.41) is 12.0. The third kappa shape index (κ3) is 3.36. The van der Waals surface area contributed by atoms with E-state index in [0.717, 1.165) is 0 Å². The number of hydrogen-bond donors (Lipinski definition) is 2. The van der Waals surface area contributed by atoms with Gasteiger partial charge in [0.1, 0.15) is 0 Å². The minimum atomic E-state index is -0.932. The predicted octanol–water partition coefficient (Wildman–Crippen LogP) is 0.792. The Morgan fingerprint density at radius 1 is 1.53 bits per heavy atom. The van der Waals surface area contributed by atoms with E-state index in [-0.39, 0.29) is 18.2 Å². The number of rotatable bonds is 3. The number of nitrogens with one attached hydrogen (secondary N) is 1. The Bertz CT molecular complexity index is 363. The van der Waals surface area contributed by atoms with Crippen LogP contribution in [-0.4, -0.2) is 28.1 Å². The zero-order valence-corrected chi connectivity index (χ0v) is 9.42. The van der Waals surface area contributed by atoms with Crippen LogP contribution in [0.1, 0.15) is 36.0 Å². The van der Waals surface area contributed by atoms with E-state index in [0.29, 0.717) is 11.6 Å². The summed E-state index contributed by atoms with van der Waals surface area (Å²) >= 11 is 0. The van der Waals surface area contributed by atoms with Gasteiger partial charge in [-0.15, -0.1) is 0 Å². The van der Waals surface area contributed by atoms with Crippen molar-refractivity contribution in [1.29, 1.82) is 0 Å². The maximum Gasteiger partial charge on any atom is 0.289 e. The lowest BCUT2D eigenvalue weighted by atomic mass is 10.1. The standard InChI is InChI=1S/C10H16N2O3/c1-6-8(15-7(2)12-6)9(13)11-5-10(3,4)14/h14H,5H2,1-4H3,(H,11,13). The predicted molar refractivity (Wildman–Crippen MR) is 54.6 cm³/mol. The van der Waals surface area contributed by atoms with Crippen LogP contribution in [0.4, 0.5) is 0 Å². The second-order valence-corrected chi connectivity index (χ2v) is 4.14. The molecule has 5 nitrogen and oxygen atoms in total. The molecule has 1 aromatic rings. The van der Waals surface area contributed by atoms with Crippen LogP contribution in [0.15, 0.2) is 4.42 Å². The van der Waals surface area contributed by atoms with Crippen molar-refractivity contribution in [3.63, 3.8) is 0 Å². The van der Waals surface area contributed by atoms with Gasteiger partial charge in [0.15, 0.2) is 5.89 Å². The number of hydrogen-bond acceptors (Lipinski definition) is 4. The highest BCUT2D eigenvalue weighted by atomic mass is 16.4. The van der Waals surface area contributed by atoms with Gasteiger partial charge in [-0.1, -0.05) is 0 Å². The molecule has 1 heterocycles. The van der Waals surface area contributed by atoms with Gasteiger partial charge in [-0.3, -0.25) is 4.79 Å². The Balaban J connectivity index is 2.66. The van der Waals surface area contributed by atoms with Gasteiger partial charge in [-0.05, 0) is 20.8 Å². The van der Waals surface area contributed by atoms with E-state index < -0.39 is 5.60 Å². The summed E-state index contributed by atoms with van der Waals surface area (Å²) in [5.41, 5.74) is -0.376. The highest BCUT2D eigenvalue weighted by molar-refractivity contribution is 5.92.